The number of methoxy groups -OCH3 is 1. The molecular formula is C11H15N3O4S. The number of hydrogen-bond acceptors (Lipinski definition) is 5. The largest absolute Gasteiger partial charge is 0.384 e. The van der Waals surface area contributed by atoms with Crippen molar-refractivity contribution >= 4 is 16.0 Å². The third kappa shape index (κ3) is 6.17. The van der Waals surface area contributed by atoms with Crippen molar-refractivity contribution in [2.75, 3.05) is 31.6 Å². The number of nitrogens with zero attached hydrogens (tertiary/aromatic N) is 1. The monoisotopic (exact) mass is 285 g/mol. The van der Waals surface area contributed by atoms with Gasteiger partial charge in [-0.05, 0) is 12.1 Å². The molecule has 0 spiro atoms. The van der Waals surface area contributed by atoms with Gasteiger partial charge in [0.25, 0.3) is 10.2 Å². The van der Waals surface area contributed by atoms with E-state index in [2.05, 4.69) is 26.3 Å². The maximum Gasteiger partial charge on any atom is 0.300 e. The van der Waals surface area contributed by atoms with Crippen LogP contribution in [0.5, 0.6) is 0 Å². The van der Waals surface area contributed by atoms with Crippen molar-refractivity contribution in [2.24, 2.45) is 0 Å². The van der Waals surface area contributed by atoms with Gasteiger partial charge in [-0.15, -0.1) is 0 Å². The van der Waals surface area contributed by atoms with E-state index in [0.29, 0.717) is 5.56 Å². The molecule has 1 heterocycles. The standard InChI is InChI=1S/C11H15N3O4S/c1-18-8-6-13-19(16,17)14-11-9-10(3-2-7-15)4-5-12-11/h4-5,9,13,15H,6-8H2,1H3,(H,12,14). The fraction of sp³-hybridized carbons (Fsp3) is 0.364. The van der Waals surface area contributed by atoms with Gasteiger partial charge in [-0.2, -0.15) is 13.1 Å². The molecule has 1 rings (SSSR count). The van der Waals surface area contributed by atoms with E-state index < -0.39 is 10.2 Å². The summed E-state index contributed by atoms with van der Waals surface area (Å²) in [5, 5.41) is 8.58. The maximum atomic E-state index is 11.6. The summed E-state index contributed by atoms with van der Waals surface area (Å²) in [6.07, 6.45) is 1.42. The number of hydrogen-bond donors (Lipinski definition) is 3. The van der Waals surface area contributed by atoms with Gasteiger partial charge < -0.3 is 9.84 Å². The molecule has 0 unspecified atom stereocenters. The smallest absolute Gasteiger partial charge is 0.300 e. The lowest BCUT2D eigenvalue weighted by molar-refractivity contribution is 0.204. The molecule has 19 heavy (non-hydrogen) atoms. The van der Waals surface area contributed by atoms with Gasteiger partial charge in [-0.25, -0.2) is 4.98 Å². The number of anilines is 1. The molecule has 0 bridgehead atoms. The molecule has 0 fully saturated rings. The fourth-order valence-electron chi connectivity index (χ4n) is 1.16. The van der Waals surface area contributed by atoms with Crippen molar-refractivity contribution in [1.29, 1.82) is 0 Å². The second-order valence-electron chi connectivity index (χ2n) is 3.38. The van der Waals surface area contributed by atoms with Crippen LogP contribution in [0.2, 0.25) is 0 Å². The van der Waals surface area contributed by atoms with Crippen LogP contribution in [0.1, 0.15) is 5.56 Å². The van der Waals surface area contributed by atoms with Crippen molar-refractivity contribution < 1.29 is 18.3 Å². The Morgan fingerprint density at radius 3 is 3.00 bits per heavy atom. The summed E-state index contributed by atoms with van der Waals surface area (Å²) >= 11 is 0. The lowest BCUT2D eigenvalue weighted by Crippen LogP contribution is -2.32. The van der Waals surface area contributed by atoms with E-state index in [1.165, 1.54) is 19.4 Å². The van der Waals surface area contributed by atoms with Crippen LogP contribution in [0, 0.1) is 11.8 Å². The van der Waals surface area contributed by atoms with Crippen LogP contribution in [0.25, 0.3) is 0 Å². The molecule has 0 saturated heterocycles. The van der Waals surface area contributed by atoms with Crippen LogP contribution >= 0.6 is 0 Å². The van der Waals surface area contributed by atoms with Gasteiger partial charge in [0.15, 0.2) is 0 Å². The Hall–Kier alpha value is -1.66. The van der Waals surface area contributed by atoms with E-state index in [9.17, 15) is 8.42 Å². The van der Waals surface area contributed by atoms with Crippen LogP contribution < -0.4 is 9.44 Å². The molecule has 104 valence electrons. The van der Waals surface area contributed by atoms with E-state index in [4.69, 9.17) is 9.84 Å². The van der Waals surface area contributed by atoms with Crippen molar-refractivity contribution in [1.82, 2.24) is 9.71 Å². The average molecular weight is 285 g/mol. The van der Waals surface area contributed by atoms with Crippen molar-refractivity contribution in [2.45, 2.75) is 0 Å². The van der Waals surface area contributed by atoms with Crippen molar-refractivity contribution in [3.8, 4) is 11.8 Å². The number of ether oxygens (including phenoxy) is 1. The van der Waals surface area contributed by atoms with Crippen LogP contribution in [-0.2, 0) is 14.9 Å². The van der Waals surface area contributed by atoms with Crippen LogP contribution in [0.3, 0.4) is 0 Å². The van der Waals surface area contributed by atoms with Gasteiger partial charge in [0.05, 0.1) is 6.61 Å². The summed E-state index contributed by atoms with van der Waals surface area (Å²) in [6.45, 7) is 0.175. The van der Waals surface area contributed by atoms with E-state index in [0.717, 1.165) is 0 Å². The average Bonchev–Trinajstić information content (AvgIpc) is 2.36. The third-order valence-electron chi connectivity index (χ3n) is 1.91. The zero-order chi connectivity index (χ0) is 14.1. The lowest BCUT2D eigenvalue weighted by Gasteiger charge is -2.08. The number of nitrogens with one attached hydrogen (secondary N) is 2. The zero-order valence-corrected chi connectivity index (χ0v) is 11.2. The van der Waals surface area contributed by atoms with E-state index in [-0.39, 0.29) is 25.6 Å². The molecular weight excluding hydrogens is 270 g/mol. The highest BCUT2D eigenvalue weighted by molar-refractivity contribution is 7.90. The van der Waals surface area contributed by atoms with Crippen LogP contribution in [0.15, 0.2) is 18.3 Å². The summed E-state index contributed by atoms with van der Waals surface area (Å²) < 4.78 is 32.5. The molecule has 0 aliphatic heterocycles. The number of pyridine rings is 1. The van der Waals surface area contributed by atoms with Gasteiger partial charge in [0.2, 0.25) is 0 Å². The minimum Gasteiger partial charge on any atom is -0.384 e. The van der Waals surface area contributed by atoms with Gasteiger partial charge in [-0.1, -0.05) is 11.8 Å². The number of aromatic nitrogens is 1. The number of aliphatic hydroxyl groups is 1. The SMILES string of the molecule is COCCNS(=O)(=O)Nc1cc(C#CCO)ccn1. The Kier molecular flexibility index (Phi) is 6.24. The molecule has 0 aliphatic carbocycles. The Morgan fingerprint density at radius 2 is 2.32 bits per heavy atom. The second-order valence-corrected chi connectivity index (χ2v) is 4.88. The van der Waals surface area contributed by atoms with E-state index in [1.54, 1.807) is 6.07 Å². The Balaban J connectivity index is 2.71. The fourth-order valence-corrected chi connectivity index (χ4v) is 1.97. The summed E-state index contributed by atoms with van der Waals surface area (Å²) in [7, 11) is -2.21. The Bertz CT molecular complexity index is 563. The molecule has 3 N–H and O–H groups in total. The summed E-state index contributed by atoms with van der Waals surface area (Å²) in [5.41, 5.74) is 0.554. The molecule has 0 aliphatic rings. The highest BCUT2D eigenvalue weighted by Crippen LogP contribution is 2.06. The quantitative estimate of drug-likeness (QED) is 0.475. The summed E-state index contributed by atoms with van der Waals surface area (Å²) in [5.74, 6) is 5.27. The van der Waals surface area contributed by atoms with Gasteiger partial charge in [0.1, 0.15) is 12.4 Å². The second kappa shape index (κ2) is 7.70. The van der Waals surface area contributed by atoms with E-state index in [1.807, 2.05) is 0 Å². The lowest BCUT2D eigenvalue weighted by atomic mass is 10.2. The molecule has 0 radical (unpaired) electrons. The molecule has 0 aromatic carbocycles. The van der Waals surface area contributed by atoms with Gasteiger partial charge >= 0.3 is 0 Å². The van der Waals surface area contributed by atoms with Gasteiger partial charge in [0, 0.05) is 25.4 Å². The van der Waals surface area contributed by atoms with Gasteiger partial charge in [-0.3, -0.25) is 4.72 Å². The first-order valence-corrected chi connectivity index (χ1v) is 6.88. The van der Waals surface area contributed by atoms with Crippen molar-refractivity contribution in [3.63, 3.8) is 0 Å². The zero-order valence-electron chi connectivity index (χ0n) is 10.4. The minimum atomic E-state index is -3.68. The molecule has 7 nitrogen and oxygen atoms in total. The van der Waals surface area contributed by atoms with Crippen LogP contribution in [-0.4, -0.2) is 45.4 Å². The third-order valence-corrected chi connectivity index (χ3v) is 2.97. The predicted molar refractivity (Wildman–Crippen MR) is 70.6 cm³/mol. The summed E-state index contributed by atoms with van der Waals surface area (Å²) in [4.78, 5) is 3.87. The Labute approximate surface area is 112 Å². The first-order chi connectivity index (χ1) is 9.07. The highest BCUT2D eigenvalue weighted by Gasteiger charge is 2.09. The molecule has 1 aromatic rings. The first kappa shape index (κ1) is 15.4. The highest BCUT2D eigenvalue weighted by atomic mass is 32.2. The molecule has 1 aromatic heterocycles. The number of aliphatic hydroxyl groups excluding tert-OH is 1. The Morgan fingerprint density at radius 1 is 1.53 bits per heavy atom. The predicted octanol–water partition coefficient (Wildman–Crippen LogP) is -0.682. The molecule has 0 atom stereocenters. The molecule has 0 amide bonds. The topological polar surface area (TPSA) is 101 Å². The van der Waals surface area contributed by atoms with E-state index >= 15 is 0 Å². The first-order valence-electron chi connectivity index (χ1n) is 5.39. The molecule has 0 saturated carbocycles. The number of rotatable bonds is 6. The molecule has 8 heteroatoms. The van der Waals surface area contributed by atoms with Crippen LogP contribution in [0.4, 0.5) is 5.82 Å². The maximum absolute atomic E-state index is 11.6. The summed E-state index contributed by atoms with van der Waals surface area (Å²) in [6, 6.07) is 3.08. The van der Waals surface area contributed by atoms with Crippen molar-refractivity contribution in [3.05, 3.63) is 23.9 Å². The normalized spacial score (nSPS) is 10.6. The minimum absolute atomic E-state index is 0.148.